The maximum atomic E-state index is 14.7. The van der Waals surface area contributed by atoms with Gasteiger partial charge in [-0.1, -0.05) is 6.07 Å². The van der Waals surface area contributed by atoms with Gasteiger partial charge in [0.15, 0.2) is 0 Å². The third-order valence-corrected chi connectivity index (χ3v) is 5.14. The molecule has 0 aliphatic carbocycles. The highest BCUT2D eigenvalue weighted by atomic mass is 19.1. The van der Waals surface area contributed by atoms with Gasteiger partial charge < -0.3 is 5.11 Å². The Kier molecular flexibility index (Phi) is 5.27. The van der Waals surface area contributed by atoms with Crippen LogP contribution in [0.4, 0.5) is 8.78 Å². The fourth-order valence-electron chi connectivity index (χ4n) is 3.38. The van der Waals surface area contributed by atoms with Crippen LogP contribution in [0.1, 0.15) is 24.1 Å². The predicted octanol–water partition coefficient (Wildman–Crippen LogP) is 2.84. The van der Waals surface area contributed by atoms with Crippen LogP contribution in [0, 0.1) is 23.0 Å². The standard InChI is InChI=1S/C21H17F2N7O/c1-14(30-10-16(9-27-30)20-5-2-15(7-24)8-26-20)21(31,11-29-13-25-12-28-29)18-4-3-17(22)6-19(18)23/h2-6,8-10,12-14,31H,11H2,1H3. The average Bonchev–Trinajstić information content (AvgIpc) is 3.45. The second kappa shape index (κ2) is 8.04. The van der Waals surface area contributed by atoms with Gasteiger partial charge in [-0.3, -0.25) is 9.67 Å². The van der Waals surface area contributed by atoms with Crippen molar-refractivity contribution < 1.29 is 13.9 Å². The van der Waals surface area contributed by atoms with Gasteiger partial charge in [0.05, 0.1) is 30.0 Å². The lowest BCUT2D eigenvalue weighted by atomic mass is 9.86. The summed E-state index contributed by atoms with van der Waals surface area (Å²) in [6.45, 7) is 1.53. The largest absolute Gasteiger partial charge is 0.381 e. The van der Waals surface area contributed by atoms with E-state index in [-0.39, 0.29) is 12.1 Å². The van der Waals surface area contributed by atoms with Crippen LogP contribution in [0.2, 0.25) is 0 Å². The van der Waals surface area contributed by atoms with Crippen LogP contribution < -0.4 is 0 Å². The van der Waals surface area contributed by atoms with E-state index < -0.39 is 23.3 Å². The summed E-state index contributed by atoms with van der Waals surface area (Å²) >= 11 is 0. The van der Waals surface area contributed by atoms with Gasteiger partial charge in [0.25, 0.3) is 0 Å². The molecule has 8 nitrogen and oxygen atoms in total. The highest BCUT2D eigenvalue weighted by molar-refractivity contribution is 5.57. The molecule has 2 atom stereocenters. The molecule has 4 aromatic rings. The molecule has 31 heavy (non-hydrogen) atoms. The molecular weight excluding hydrogens is 404 g/mol. The molecule has 4 rings (SSSR count). The molecule has 10 heteroatoms. The van der Waals surface area contributed by atoms with Crippen LogP contribution in [0.3, 0.4) is 0 Å². The topological polar surface area (TPSA) is 105 Å². The van der Waals surface area contributed by atoms with Crippen molar-refractivity contribution in [3.63, 3.8) is 0 Å². The summed E-state index contributed by atoms with van der Waals surface area (Å²) < 4.78 is 31.0. The van der Waals surface area contributed by atoms with Gasteiger partial charge in [0.2, 0.25) is 0 Å². The second-order valence-corrected chi connectivity index (χ2v) is 7.07. The fraction of sp³-hybridized carbons (Fsp3) is 0.190. The van der Waals surface area contributed by atoms with Crippen molar-refractivity contribution in [2.75, 3.05) is 0 Å². The summed E-state index contributed by atoms with van der Waals surface area (Å²) in [5, 5.41) is 28.9. The molecule has 0 aliphatic rings. The van der Waals surface area contributed by atoms with Crippen molar-refractivity contribution in [2.24, 2.45) is 0 Å². The number of pyridine rings is 1. The Bertz CT molecular complexity index is 1230. The van der Waals surface area contributed by atoms with Crippen LogP contribution in [0.5, 0.6) is 0 Å². The Morgan fingerprint density at radius 1 is 1.19 bits per heavy atom. The van der Waals surface area contributed by atoms with Crippen molar-refractivity contribution in [1.29, 1.82) is 5.26 Å². The number of nitrogens with zero attached hydrogens (tertiary/aromatic N) is 7. The molecule has 0 amide bonds. The summed E-state index contributed by atoms with van der Waals surface area (Å²) in [7, 11) is 0. The molecular formula is C21H17F2N7O. The number of halogens is 2. The smallest absolute Gasteiger partial charge is 0.137 e. The van der Waals surface area contributed by atoms with Crippen LogP contribution in [0.15, 0.2) is 61.6 Å². The minimum Gasteiger partial charge on any atom is -0.381 e. The van der Waals surface area contributed by atoms with Gasteiger partial charge in [0.1, 0.15) is 36.0 Å². The van der Waals surface area contributed by atoms with E-state index in [2.05, 4.69) is 20.2 Å². The van der Waals surface area contributed by atoms with Gasteiger partial charge in [-0.15, -0.1) is 0 Å². The third kappa shape index (κ3) is 3.91. The predicted molar refractivity (Wildman–Crippen MR) is 105 cm³/mol. The number of benzene rings is 1. The molecule has 156 valence electrons. The number of aromatic nitrogens is 6. The number of rotatable bonds is 6. The lowest BCUT2D eigenvalue weighted by Gasteiger charge is -2.34. The first-order valence-corrected chi connectivity index (χ1v) is 9.31. The number of nitriles is 1. The molecule has 0 saturated carbocycles. The van der Waals surface area contributed by atoms with Crippen LogP contribution in [-0.2, 0) is 12.1 Å². The molecule has 0 spiro atoms. The van der Waals surface area contributed by atoms with Gasteiger partial charge in [-0.2, -0.15) is 15.5 Å². The van der Waals surface area contributed by atoms with E-state index >= 15 is 0 Å². The fourth-order valence-corrected chi connectivity index (χ4v) is 3.38. The Morgan fingerprint density at radius 3 is 2.68 bits per heavy atom. The van der Waals surface area contributed by atoms with E-state index in [9.17, 15) is 13.9 Å². The molecule has 0 bridgehead atoms. The normalized spacial score (nSPS) is 14.0. The molecule has 1 N–H and O–H groups in total. The maximum Gasteiger partial charge on any atom is 0.137 e. The van der Waals surface area contributed by atoms with Crippen molar-refractivity contribution in [3.8, 4) is 17.3 Å². The van der Waals surface area contributed by atoms with Gasteiger partial charge in [-0.25, -0.2) is 18.4 Å². The van der Waals surface area contributed by atoms with E-state index in [1.165, 1.54) is 34.3 Å². The average molecular weight is 421 g/mol. The second-order valence-electron chi connectivity index (χ2n) is 7.07. The molecule has 0 fully saturated rings. The molecule has 2 unspecified atom stereocenters. The molecule has 0 saturated heterocycles. The Hall–Kier alpha value is -3.97. The van der Waals surface area contributed by atoms with Crippen molar-refractivity contribution in [1.82, 2.24) is 29.5 Å². The Balaban J connectivity index is 1.73. The number of hydrogen-bond donors (Lipinski definition) is 1. The highest BCUT2D eigenvalue weighted by Gasteiger charge is 2.40. The summed E-state index contributed by atoms with van der Waals surface area (Å²) in [5.74, 6) is -1.62. The maximum absolute atomic E-state index is 14.7. The van der Waals surface area contributed by atoms with E-state index in [0.717, 1.165) is 12.1 Å². The summed E-state index contributed by atoms with van der Waals surface area (Å²) in [4.78, 5) is 8.09. The molecule has 3 heterocycles. The zero-order valence-corrected chi connectivity index (χ0v) is 16.4. The Morgan fingerprint density at radius 2 is 2.03 bits per heavy atom. The summed E-state index contributed by atoms with van der Waals surface area (Å²) in [5.41, 5.74) is -0.249. The molecule has 0 aliphatic heterocycles. The first-order valence-electron chi connectivity index (χ1n) is 9.31. The SMILES string of the molecule is CC(n1cc(-c2ccc(C#N)cn2)cn1)C(O)(Cn1cncn1)c1ccc(F)cc1F. The van der Waals surface area contributed by atoms with Gasteiger partial charge >= 0.3 is 0 Å². The zero-order chi connectivity index (χ0) is 22.0. The minimum atomic E-state index is -1.83. The summed E-state index contributed by atoms with van der Waals surface area (Å²) in [6.07, 6.45) is 7.36. The first-order chi connectivity index (χ1) is 14.9. The van der Waals surface area contributed by atoms with Crippen LogP contribution in [0.25, 0.3) is 11.3 Å². The zero-order valence-electron chi connectivity index (χ0n) is 16.4. The van der Waals surface area contributed by atoms with E-state index in [1.807, 2.05) is 6.07 Å². The van der Waals surface area contributed by atoms with Crippen LogP contribution in [-0.4, -0.2) is 34.6 Å². The van der Waals surface area contributed by atoms with Crippen molar-refractivity contribution in [2.45, 2.75) is 25.1 Å². The van der Waals surface area contributed by atoms with E-state index in [0.29, 0.717) is 16.8 Å². The lowest BCUT2D eigenvalue weighted by Crippen LogP contribution is -2.40. The lowest BCUT2D eigenvalue weighted by molar-refractivity contribution is -0.0368. The first kappa shape index (κ1) is 20.3. The molecule has 3 aromatic heterocycles. The van der Waals surface area contributed by atoms with Crippen LogP contribution >= 0.6 is 0 Å². The van der Waals surface area contributed by atoms with Crippen molar-refractivity contribution >= 4 is 0 Å². The Labute approximate surface area is 176 Å². The molecule has 0 radical (unpaired) electrons. The minimum absolute atomic E-state index is 0.0922. The van der Waals surface area contributed by atoms with Gasteiger partial charge in [0, 0.05) is 29.6 Å². The summed E-state index contributed by atoms with van der Waals surface area (Å²) in [6, 6.07) is 7.58. The monoisotopic (exact) mass is 421 g/mol. The van der Waals surface area contributed by atoms with E-state index in [1.54, 1.807) is 31.5 Å². The number of aliphatic hydroxyl groups is 1. The molecule has 1 aromatic carbocycles. The quantitative estimate of drug-likeness (QED) is 0.513. The van der Waals surface area contributed by atoms with E-state index in [4.69, 9.17) is 5.26 Å². The number of hydrogen-bond acceptors (Lipinski definition) is 6. The third-order valence-electron chi connectivity index (χ3n) is 5.14. The highest BCUT2D eigenvalue weighted by Crippen LogP contribution is 2.37. The van der Waals surface area contributed by atoms with Crippen molar-refractivity contribution in [3.05, 3.63) is 84.3 Å². The van der Waals surface area contributed by atoms with Gasteiger partial charge in [-0.05, 0) is 25.1 Å².